The quantitative estimate of drug-likeness (QED) is 0.179. The summed E-state index contributed by atoms with van der Waals surface area (Å²) in [5, 5.41) is 13.0. The average molecular weight is 649 g/mol. The summed E-state index contributed by atoms with van der Waals surface area (Å²) in [7, 11) is 0. The molecule has 2 unspecified atom stereocenters. The van der Waals surface area contributed by atoms with E-state index in [-0.39, 0.29) is 10.8 Å². The number of rotatable bonds is 2. The van der Waals surface area contributed by atoms with Crippen molar-refractivity contribution in [3.05, 3.63) is 140 Å². The summed E-state index contributed by atoms with van der Waals surface area (Å²) in [6, 6.07) is 24.2. The Labute approximate surface area is 297 Å². The molecule has 0 aliphatic heterocycles. The van der Waals surface area contributed by atoms with Gasteiger partial charge in [0.05, 0.1) is 0 Å². The third-order valence-electron chi connectivity index (χ3n) is 12.9. The molecular formula is C50H48. The lowest BCUT2D eigenvalue weighted by Crippen LogP contribution is -2.27. The molecule has 50 heavy (non-hydrogen) atoms. The van der Waals surface area contributed by atoms with E-state index in [1.807, 2.05) is 0 Å². The molecule has 0 heteroatoms. The van der Waals surface area contributed by atoms with Gasteiger partial charge in [0, 0.05) is 5.92 Å². The van der Waals surface area contributed by atoms with Gasteiger partial charge >= 0.3 is 0 Å². The summed E-state index contributed by atoms with van der Waals surface area (Å²) in [6.07, 6.45) is 21.8. The van der Waals surface area contributed by atoms with Gasteiger partial charge in [0.1, 0.15) is 0 Å². The third-order valence-corrected chi connectivity index (χ3v) is 12.9. The molecule has 2 atom stereocenters. The van der Waals surface area contributed by atoms with Crippen molar-refractivity contribution in [2.45, 2.75) is 91.4 Å². The van der Waals surface area contributed by atoms with Crippen LogP contribution >= 0.6 is 0 Å². The van der Waals surface area contributed by atoms with E-state index in [1.165, 1.54) is 81.4 Å². The van der Waals surface area contributed by atoms with Crippen LogP contribution in [0, 0.1) is 11.3 Å². The topological polar surface area (TPSA) is 0 Å². The predicted octanol–water partition coefficient (Wildman–Crippen LogP) is 11.0. The first kappa shape index (κ1) is 30.4. The monoisotopic (exact) mass is 648 g/mol. The molecule has 0 amide bonds. The second kappa shape index (κ2) is 10.6. The van der Waals surface area contributed by atoms with Crippen LogP contribution in [0.15, 0.2) is 102 Å². The van der Waals surface area contributed by atoms with Crippen LogP contribution in [-0.2, 0) is 11.8 Å². The second-order valence-corrected chi connectivity index (χ2v) is 18.0. The molecule has 5 aromatic carbocycles. The zero-order chi connectivity index (χ0) is 34.1. The van der Waals surface area contributed by atoms with Crippen LogP contribution in [-0.4, -0.2) is 0 Å². The zero-order valence-electron chi connectivity index (χ0n) is 30.6. The third kappa shape index (κ3) is 4.56. The molecule has 0 bridgehead atoms. The van der Waals surface area contributed by atoms with Crippen molar-refractivity contribution in [2.75, 3.05) is 0 Å². The summed E-state index contributed by atoms with van der Waals surface area (Å²) in [4.78, 5) is 0. The maximum Gasteiger partial charge on any atom is 0.00686 e. The number of hydrogen-bond donors (Lipinski definition) is 0. The van der Waals surface area contributed by atoms with E-state index < -0.39 is 0 Å². The Morgan fingerprint density at radius 3 is 2.22 bits per heavy atom. The van der Waals surface area contributed by atoms with E-state index in [9.17, 15) is 0 Å². The van der Waals surface area contributed by atoms with E-state index in [0.717, 1.165) is 38.5 Å². The SMILES string of the molecule is CC(C)(C)c1cc2c3c4c(ccc3c1)=C(C1=CC3=C(C=C(c5ccc6ccc7c8c(ccc5c68)CC(C(C)(C)C)C=7)CC3)CC1)C=CC4CC=2. The number of hydrogen-bond acceptors (Lipinski definition) is 0. The molecule has 0 heterocycles. The maximum atomic E-state index is 2.57. The summed E-state index contributed by atoms with van der Waals surface area (Å²) in [5.41, 5.74) is 14.0. The van der Waals surface area contributed by atoms with Gasteiger partial charge in [-0.3, -0.25) is 0 Å². The van der Waals surface area contributed by atoms with Crippen molar-refractivity contribution in [1.29, 1.82) is 0 Å². The molecular weight excluding hydrogens is 601 g/mol. The average Bonchev–Trinajstić information content (AvgIpc) is 3.11. The van der Waals surface area contributed by atoms with Crippen molar-refractivity contribution >= 4 is 55.6 Å². The highest BCUT2D eigenvalue weighted by Gasteiger charge is 2.29. The minimum atomic E-state index is 0.146. The van der Waals surface area contributed by atoms with Crippen LogP contribution in [0.25, 0.3) is 55.6 Å². The van der Waals surface area contributed by atoms with E-state index in [2.05, 4.69) is 139 Å². The molecule has 5 aromatic rings. The summed E-state index contributed by atoms with van der Waals surface area (Å²) in [6.45, 7) is 14.1. The van der Waals surface area contributed by atoms with Gasteiger partial charge in [0.15, 0.2) is 0 Å². The highest BCUT2D eigenvalue weighted by atomic mass is 14.3. The van der Waals surface area contributed by atoms with Gasteiger partial charge in [-0.2, -0.15) is 0 Å². The molecule has 0 saturated carbocycles. The predicted molar refractivity (Wildman–Crippen MR) is 216 cm³/mol. The van der Waals surface area contributed by atoms with Crippen molar-refractivity contribution in [1.82, 2.24) is 0 Å². The molecule has 0 aromatic heterocycles. The van der Waals surface area contributed by atoms with Crippen molar-refractivity contribution in [2.24, 2.45) is 11.3 Å². The Balaban J connectivity index is 1.06. The molecule has 0 saturated heterocycles. The Hall–Kier alpha value is -4.42. The fourth-order valence-electron chi connectivity index (χ4n) is 9.96. The summed E-state index contributed by atoms with van der Waals surface area (Å²) in [5.74, 6) is 1.05. The first-order chi connectivity index (χ1) is 24.0. The van der Waals surface area contributed by atoms with Crippen LogP contribution < -0.4 is 15.7 Å². The summed E-state index contributed by atoms with van der Waals surface area (Å²) < 4.78 is 0. The lowest BCUT2D eigenvalue weighted by molar-refractivity contribution is 0.306. The first-order valence-electron chi connectivity index (χ1n) is 19.1. The van der Waals surface area contributed by atoms with Crippen molar-refractivity contribution < 1.29 is 0 Å². The van der Waals surface area contributed by atoms with E-state index in [1.54, 1.807) is 16.7 Å². The Morgan fingerprint density at radius 1 is 0.660 bits per heavy atom. The lowest BCUT2D eigenvalue weighted by atomic mass is 9.73. The van der Waals surface area contributed by atoms with Crippen molar-refractivity contribution in [3.63, 3.8) is 0 Å². The van der Waals surface area contributed by atoms with Gasteiger partial charge in [-0.25, -0.2) is 0 Å². The van der Waals surface area contributed by atoms with Gasteiger partial charge in [0.25, 0.3) is 0 Å². The first-order valence-corrected chi connectivity index (χ1v) is 19.1. The fraction of sp³-hybridized carbons (Fsp3) is 0.320. The highest BCUT2D eigenvalue weighted by molar-refractivity contribution is 6.15. The Kier molecular flexibility index (Phi) is 6.42. The van der Waals surface area contributed by atoms with Gasteiger partial charge in [0.2, 0.25) is 0 Å². The Morgan fingerprint density at radius 2 is 1.42 bits per heavy atom. The smallest absolute Gasteiger partial charge is 0.00686 e. The van der Waals surface area contributed by atoms with Crippen LogP contribution in [0.4, 0.5) is 0 Å². The van der Waals surface area contributed by atoms with Crippen LogP contribution in [0.3, 0.4) is 0 Å². The molecule has 0 radical (unpaired) electrons. The highest BCUT2D eigenvalue weighted by Crippen LogP contribution is 2.44. The van der Waals surface area contributed by atoms with E-state index in [4.69, 9.17) is 0 Å². The summed E-state index contributed by atoms with van der Waals surface area (Å²) >= 11 is 0. The lowest BCUT2D eigenvalue weighted by Gasteiger charge is -2.32. The van der Waals surface area contributed by atoms with Crippen LogP contribution in [0.1, 0.15) is 102 Å². The molecule has 0 N–H and O–H groups in total. The molecule has 0 fully saturated rings. The standard InChI is InChI=1S/C50H48/c1-49(2,3)39-25-35-13-7-29-15-19-41(43-21-17-37(27-39)45(35)47(29)43)33-11-9-32-24-34(12-10-31(32)23-33)42-20-16-30-8-14-36-26-40(50(4,5)6)28-38-18-22-44(42)48(30)46(36)38/h7,13-26,28,30,39H,8-12,27H2,1-6H3. The number of allylic oxidation sites excluding steroid dienone is 8. The van der Waals surface area contributed by atoms with E-state index >= 15 is 0 Å². The molecule has 0 nitrogen and oxygen atoms in total. The van der Waals surface area contributed by atoms with Gasteiger partial charge in [-0.15, -0.1) is 0 Å². The second-order valence-electron chi connectivity index (χ2n) is 18.0. The van der Waals surface area contributed by atoms with Gasteiger partial charge in [-0.1, -0.05) is 139 Å². The minimum Gasteiger partial charge on any atom is -0.0760 e. The zero-order valence-corrected chi connectivity index (χ0v) is 30.6. The number of benzene rings is 5. The fourth-order valence-corrected chi connectivity index (χ4v) is 9.96. The molecule has 10 rings (SSSR count). The molecule has 5 aliphatic carbocycles. The van der Waals surface area contributed by atoms with E-state index in [0.29, 0.717) is 11.8 Å². The maximum absolute atomic E-state index is 2.57. The molecule has 0 spiro atoms. The van der Waals surface area contributed by atoms with Crippen LogP contribution in [0.5, 0.6) is 0 Å². The van der Waals surface area contributed by atoms with Crippen LogP contribution in [0.2, 0.25) is 0 Å². The normalized spacial score (nSPS) is 21.3. The Bertz CT molecular complexity index is 2650. The largest absolute Gasteiger partial charge is 0.0760 e. The van der Waals surface area contributed by atoms with Gasteiger partial charge < -0.3 is 0 Å². The molecule has 248 valence electrons. The van der Waals surface area contributed by atoms with Gasteiger partial charge in [-0.05, 0) is 153 Å². The minimum absolute atomic E-state index is 0.146. The molecule has 5 aliphatic rings. The van der Waals surface area contributed by atoms with Crippen molar-refractivity contribution in [3.8, 4) is 0 Å².